The molecule has 2 fully saturated rings. The second-order valence-corrected chi connectivity index (χ2v) is 7.57. The predicted molar refractivity (Wildman–Crippen MR) is 94.1 cm³/mol. The zero-order chi connectivity index (χ0) is 15.6. The third-order valence-electron chi connectivity index (χ3n) is 4.33. The van der Waals surface area contributed by atoms with Crippen molar-refractivity contribution >= 4 is 28.4 Å². The molecule has 1 saturated carbocycles. The summed E-state index contributed by atoms with van der Waals surface area (Å²) in [5.74, 6) is 1.51. The maximum absolute atomic E-state index is 12.3. The summed E-state index contributed by atoms with van der Waals surface area (Å²) in [7, 11) is 0. The number of aromatic nitrogens is 2. The zero-order valence-electron chi connectivity index (χ0n) is 13.0. The van der Waals surface area contributed by atoms with Gasteiger partial charge in [0.25, 0.3) is 5.56 Å². The van der Waals surface area contributed by atoms with Crippen molar-refractivity contribution in [3.8, 4) is 0 Å². The highest BCUT2D eigenvalue weighted by Gasteiger charge is 2.21. The highest BCUT2D eigenvalue weighted by atomic mass is 32.2. The van der Waals surface area contributed by atoms with Gasteiger partial charge in [-0.2, -0.15) is 11.8 Å². The Balaban J connectivity index is 1.52. The summed E-state index contributed by atoms with van der Waals surface area (Å²) in [6.07, 6.45) is 4.62. The molecule has 23 heavy (non-hydrogen) atoms. The molecule has 2 aliphatic rings. The van der Waals surface area contributed by atoms with Crippen LogP contribution in [0.3, 0.4) is 0 Å². The Morgan fingerprint density at radius 1 is 1.26 bits per heavy atom. The molecule has 2 heterocycles. The van der Waals surface area contributed by atoms with E-state index in [1.54, 1.807) is 0 Å². The smallest absolute Gasteiger partial charge is 0.258 e. The fourth-order valence-electron chi connectivity index (χ4n) is 2.85. The number of hydrogen-bond donors (Lipinski definition) is 2. The van der Waals surface area contributed by atoms with E-state index in [4.69, 9.17) is 4.74 Å². The van der Waals surface area contributed by atoms with Gasteiger partial charge in [-0.15, -0.1) is 0 Å². The quantitative estimate of drug-likeness (QED) is 0.882. The maximum Gasteiger partial charge on any atom is 0.258 e. The number of anilines is 1. The molecule has 2 N–H and O–H groups in total. The van der Waals surface area contributed by atoms with E-state index in [1.807, 2.05) is 30.0 Å². The van der Waals surface area contributed by atoms with Gasteiger partial charge in [0.05, 0.1) is 16.7 Å². The summed E-state index contributed by atoms with van der Waals surface area (Å²) in [5, 5.41) is 4.72. The highest BCUT2D eigenvalue weighted by molar-refractivity contribution is 7.99. The first-order chi connectivity index (χ1) is 11.3. The van der Waals surface area contributed by atoms with Gasteiger partial charge in [0.15, 0.2) is 0 Å². The minimum Gasteiger partial charge on any atom is -0.382 e. The Bertz CT molecular complexity index is 751. The molecular formula is C17H21N3O2S. The SMILES string of the molecule is O=c1[nH]c(CSC2CCOCC2)nc2cc(NC3CC3)ccc12. The summed E-state index contributed by atoms with van der Waals surface area (Å²) in [6.45, 7) is 1.69. The van der Waals surface area contributed by atoms with Crippen molar-refractivity contribution in [3.05, 3.63) is 34.4 Å². The van der Waals surface area contributed by atoms with Gasteiger partial charge in [-0.25, -0.2) is 4.98 Å². The number of ether oxygens (including phenoxy) is 1. The molecule has 6 heteroatoms. The number of nitrogens with one attached hydrogen (secondary N) is 2. The van der Waals surface area contributed by atoms with Crippen molar-refractivity contribution in [2.75, 3.05) is 18.5 Å². The second-order valence-electron chi connectivity index (χ2n) is 6.29. The first-order valence-electron chi connectivity index (χ1n) is 8.27. The molecule has 1 aliphatic heterocycles. The number of fused-ring (bicyclic) bond motifs is 1. The van der Waals surface area contributed by atoms with Gasteiger partial charge < -0.3 is 15.0 Å². The normalized spacial score (nSPS) is 19.1. The molecule has 2 aromatic rings. The van der Waals surface area contributed by atoms with E-state index in [-0.39, 0.29) is 5.56 Å². The van der Waals surface area contributed by atoms with Gasteiger partial charge in [-0.3, -0.25) is 4.79 Å². The van der Waals surface area contributed by atoms with Crippen LogP contribution in [0.1, 0.15) is 31.5 Å². The lowest BCUT2D eigenvalue weighted by atomic mass is 10.2. The summed E-state index contributed by atoms with van der Waals surface area (Å²) in [6, 6.07) is 6.42. The van der Waals surface area contributed by atoms with Gasteiger partial charge in [-0.1, -0.05) is 0 Å². The van der Waals surface area contributed by atoms with E-state index in [0.29, 0.717) is 16.7 Å². The van der Waals surface area contributed by atoms with E-state index in [1.165, 1.54) is 12.8 Å². The fourth-order valence-corrected chi connectivity index (χ4v) is 3.90. The Morgan fingerprint density at radius 2 is 2.09 bits per heavy atom. The molecule has 122 valence electrons. The number of rotatable bonds is 5. The summed E-state index contributed by atoms with van der Waals surface area (Å²) >= 11 is 1.86. The van der Waals surface area contributed by atoms with Crippen molar-refractivity contribution in [1.82, 2.24) is 9.97 Å². The van der Waals surface area contributed by atoms with Crippen LogP contribution in [-0.2, 0) is 10.5 Å². The van der Waals surface area contributed by atoms with E-state index < -0.39 is 0 Å². The first-order valence-corrected chi connectivity index (χ1v) is 9.32. The number of H-pyrrole nitrogens is 1. The van der Waals surface area contributed by atoms with Gasteiger partial charge in [0.1, 0.15) is 5.82 Å². The second kappa shape index (κ2) is 6.53. The number of thioether (sulfide) groups is 1. The largest absolute Gasteiger partial charge is 0.382 e. The lowest BCUT2D eigenvalue weighted by molar-refractivity contribution is 0.1000. The van der Waals surface area contributed by atoms with Crippen LogP contribution >= 0.6 is 11.8 Å². The average Bonchev–Trinajstić information content (AvgIpc) is 3.38. The van der Waals surface area contributed by atoms with Crippen molar-refractivity contribution < 1.29 is 4.74 Å². The number of benzene rings is 1. The summed E-state index contributed by atoms with van der Waals surface area (Å²) < 4.78 is 5.38. The van der Waals surface area contributed by atoms with Crippen LogP contribution in [0.25, 0.3) is 10.9 Å². The Kier molecular flexibility index (Phi) is 4.27. The molecule has 0 unspecified atom stereocenters. The standard InChI is InChI=1S/C17H21N3O2S/c21-17-14-4-3-12(18-11-1-2-11)9-15(14)19-16(20-17)10-23-13-5-7-22-8-6-13/h3-4,9,11,13,18H,1-2,5-8,10H2,(H,19,20,21). The van der Waals surface area contributed by atoms with Crippen LogP contribution < -0.4 is 10.9 Å². The van der Waals surface area contributed by atoms with Crippen LogP contribution in [0.5, 0.6) is 0 Å². The molecule has 0 radical (unpaired) electrons. The minimum atomic E-state index is -0.0458. The van der Waals surface area contributed by atoms with Crippen molar-refractivity contribution in [2.45, 2.75) is 42.7 Å². The van der Waals surface area contributed by atoms with Crippen LogP contribution in [0.4, 0.5) is 5.69 Å². The third kappa shape index (κ3) is 3.70. The lowest BCUT2D eigenvalue weighted by Crippen LogP contribution is -2.18. The van der Waals surface area contributed by atoms with Crippen molar-refractivity contribution in [2.24, 2.45) is 0 Å². The van der Waals surface area contributed by atoms with E-state index in [2.05, 4.69) is 15.3 Å². The topological polar surface area (TPSA) is 67.0 Å². The Morgan fingerprint density at radius 3 is 2.87 bits per heavy atom. The Hall–Kier alpha value is -1.53. The monoisotopic (exact) mass is 331 g/mol. The molecule has 1 saturated heterocycles. The molecule has 0 atom stereocenters. The third-order valence-corrected chi connectivity index (χ3v) is 5.71. The molecule has 1 aliphatic carbocycles. The zero-order valence-corrected chi connectivity index (χ0v) is 13.8. The van der Waals surface area contributed by atoms with Crippen LogP contribution in [0, 0.1) is 0 Å². The molecular weight excluding hydrogens is 310 g/mol. The number of nitrogens with zero attached hydrogens (tertiary/aromatic N) is 1. The van der Waals surface area contributed by atoms with Crippen molar-refractivity contribution in [3.63, 3.8) is 0 Å². The molecule has 1 aromatic carbocycles. The van der Waals surface area contributed by atoms with E-state index in [9.17, 15) is 4.79 Å². The highest BCUT2D eigenvalue weighted by Crippen LogP contribution is 2.27. The van der Waals surface area contributed by atoms with Gasteiger partial charge in [0.2, 0.25) is 0 Å². The molecule has 4 rings (SSSR count). The Labute approximate surface area is 139 Å². The molecule has 0 spiro atoms. The number of hydrogen-bond acceptors (Lipinski definition) is 5. The van der Waals surface area contributed by atoms with E-state index in [0.717, 1.165) is 48.8 Å². The fraction of sp³-hybridized carbons (Fsp3) is 0.529. The van der Waals surface area contributed by atoms with Crippen molar-refractivity contribution in [1.29, 1.82) is 0 Å². The van der Waals surface area contributed by atoms with Gasteiger partial charge in [-0.05, 0) is 43.9 Å². The summed E-state index contributed by atoms with van der Waals surface area (Å²) in [5.41, 5.74) is 1.79. The van der Waals surface area contributed by atoms with Gasteiger partial charge in [0, 0.05) is 30.2 Å². The van der Waals surface area contributed by atoms with Crippen LogP contribution in [0.2, 0.25) is 0 Å². The van der Waals surface area contributed by atoms with Gasteiger partial charge >= 0.3 is 0 Å². The summed E-state index contributed by atoms with van der Waals surface area (Å²) in [4.78, 5) is 19.8. The molecule has 0 bridgehead atoms. The van der Waals surface area contributed by atoms with Crippen LogP contribution in [-0.4, -0.2) is 34.5 Å². The average molecular weight is 331 g/mol. The van der Waals surface area contributed by atoms with E-state index >= 15 is 0 Å². The lowest BCUT2D eigenvalue weighted by Gasteiger charge is -2.21. The minimum absolute atomic E-state index is 0.0458. The maximum atomic E-state index is 12.3. The number of aromatic amines is 1. The predicted octanol–water partition coefficient (Wildman–Crippen LogP) is 2.91. The molecule has 1 aromatic heterocycles. The van der Waals surface area contributed by atoms with Crippen LogP contribution in [0.15, 0.2) is 23.0 Å². The molecule has 0 amide bonds. The molecule has 5 nitrogen and oxygen atoms in total. The first kappa shape index (κ1) is 15.0.